The maximum Gasteiger partial charge on any atom is 0.123 e. The summed E-state index contributed by atoms with van der Waals surface area (Å²) in [6, 6.07) is 11.2. The lowest BCUT2D eigenvalue weighted by Crippen LogP contribution is -2.03. The monoisotopic (exact) mass is 303 g/mol. The molecule has 0 saturated heterocycles. The van der Waals surface area contributed by atoms with Gasteiger partial charge >= 0.3 is 0 Å². The Morgan fingerprint density at radius 3 is 2.71 bits per heavy atom. The van der Waals surface area contributed by atoms with Gasteiger partial charge in [0, 0.05) is 22.8 Å². The van der Waals surface area contributed by atoms with Crippen molar-refractivity contribution in [3.05, 3.63) is 54.1 Å². The van der Waals surface area contributed by atoms with E-state index in [1.165, 1.54) is 12.1 Å². The van der Waals surface area contributed by atoms with Crippen LogP contribution in [0.15, 0.2) is 47.4 Å². The normalized spacial score (nSPS) is 12.6. The van der Waals surface area contributed by atoms with Crippen molar-refractivity contribution < 1.29 is 8.60 Å². The third-order valence-electron chi connectivity index (χ3n) is 3.16. The Kier molecular flexibility index (Phi) is 3.70. The number of fused-ring (bicyclic) bond motifs is 1. The molecule has 0 bridgehead atoms. The van der Waals surface area contributed by atoms with E-state index in [4.69, 9.17) is 5.73 Å². The number of aromatic amines is 1. The topological polar surface area (TPSA) is 71.8 Å². The molecule has 21 heavy (non-hydrogen) atoms. The third kappa shape index (κ3) is 3.11. The molecule has 1 atom stereocenters. The van der Waals surface area contributed by atoms with E-state index in [0.717, 1.165) is 16.9 Å². The van der Waals surface area contributed by atoms with Crippen molar-refractivity contribution >= 4 is 27.5 Å². The zero-order valence-electron chi connectivity index (χ0n) is 11.2. The van der Waals surface area contributed by atoms with Crippen molar-refractivity contribution in [1.82, 2.24) is 9.97 Å². The van der Waals surface area contributed by atoms with Gasteiger partial charge in [-0.3, -0.25) is 4.21 Å². The van der Waals surface area contributed by atoms with Gasteiger partial charge in [-0.2, -0.15) is 0 Å². The first-order chi connectivity index (χ1) is 10.1. The minimum atomic E-state index is -1.17. The first-order valence-corrected chi connectivity index (χ1v) is 7.82. The number of aromatic nitrogens is 2. The van der Waals surface area contributed by atoms with Gasteiger partial charge in [0.15, 0.2) is 0 Å². The Morgan fingerprint density at radius 2 is 1.95 bits per heavy atom. The number of hydrogen-bond acceptors (Lipinski definition) is 3. The number of benzene rings is 2. The van der Waals surface area contributed by atoms with Crippen LogP contribution in [0, 0.1) is 5.82 Å². The fraction of sp³-hybridized carbons (Fsp3) is 0.133. The zero-order valence-corrected chi connectivity index (χ0v) is 12.0. The summed E-state index contributed by atoms with van der Waals surface area (Å²) in [5.41, 5.74) is 8.10. The highest BCUT2D eigenvalue weighted by Crippen LogP contribution is 2.16. The minimum absolute atomic E-state index is 0.328. The predicted molar refractivity (Wildman–Crippen MR) is 81.9 cm³/mol. The van der Waals surface area contributed by atoms with E-state index < -0.39 is 10.8 Å². The summed E-state index contributed by atoms with van der Waals surface area (Å²) in [5.74, 6) is 0.873. The molecule has 0 saturated carbocycles. The van der Waals surface area contributed by atoms with Crippen molar-refractivity contribution in [2.75, 3.05) is 11.5 Å². The molecule has 0 amide bonds. The molecule has 3 N–H and O–H groups in total. The maximum atomic E-state index is 12.8. The number of nitrogens with zero attached hydrogens (tertiary/aromatic N) is 1. The summed E-state index contributed by atoms with van der Waals surface area (Å²) in [7, 11) is -1.17. The number of H-pyrrole nitrogens is 1. The Hall–Kier alpha value is -2.21. The van der Waals surface area contributed by atoms with Gasteiger partial charge in [0.2, 0.25) is 0 Å². The molecular weight excluding hydrogens is 289 g/mol. The van der Waals surface area contributed by atoms with E-state index in [-0.39, 0.29) is 5.82 Å². The Labute approximate surface area is 123 Å². The van der Waals surface area contributed by atoms with Crippen LogP contribution in [0.2, 0.25) is 0 Å². The van der Waals surface area contributed by atoms with Crippen LogP contribution in [0.3, 0.4) is 0 Å². The highest BCUT2D eigenvalue weighted by molar-refractivity contribution is 7.85. The molecule has 0 fully saturated rings. The summed E-state index contributed by atoms with van der Waals surface area (Å²) < 4.78 is 25.0. The molecule has 4 nitrogen and oxygen atoms in total. The van der Waals surface area contributed by atoms with Crippen LogP contribution >= 0.6 is 0 Å². The molecule has 1 heterocycles. The summed E-state index contributed by atoms with van der Waals surface area (Å²) in [5, 5.41) is 0. The summed E-state index contributed by atoms with van der Waals surface area (Å²) >= 11 is 0. The fourth-order valence-corrected chi connectivity index (χ4v) is 3.15. The number of nitrogens with two attached hydrogens (primary N) is 1. The van der Waals surface area contributed by atoms with Crippen molar-refractivity contribution in [1.29, 1.82) is 0 Å². The molecule has 0 spiro atoms. The third-order valence-corrected chi connectivity index (χ3v) is 4.53. The fourth-order valence-electron chi connectivity index (χ4n) is 2.09. The number of imidazole rings is 1. The molecule has 0 aliphatic heterocycles. The molecule has 0 radical (unpaired) electrons. The lowest BCUT2D eigenvalue weighted by atomic mass is 10.3. The minimum Gasteiger partial charge on any atom is -0.399 e. The molecule has 1 unspecified atom stereocenters. The van der Waals surface area contributed by atoms with Gasteiger partial charge in [0.1, 0.15) is 11.6 Å². The Morgan fingerprint density at radius 1 is 1.19 bits per heavy atom. The van der Waals surface area contributed by atoms with Crippen LogP contribution in [0.5, 0.6) is 0 Å². The quantitative estimate of drug-likeness (QED) is 0.728. The molecular formula is C15H14FN3OS. The van der Waals surface area contributed by atoms with E-state index in [9.17, 15) is 8.60 Å². The van der Waals surface area contributed by atoms with Crippen LogP contribution in [0.4, 0.5) is 10.1 Å². The SMILES string of the molecule is Nc1ccc2nc(CCS(=O)c3ccc(F)cc3)[nH]c2c1. The first kappa shape index (κ1) is 13.8. The van der Waals surface area contributed by atoms with Gasteiger partial charge in [-0.25, -0.2) is 9.37 Å². The number of hydrogen-bond donors (Lipinski definition) is 2. The molecule has 108 valence electrons. The van der Waals surface area contributed by atoms with Gasteiger partial charge < -0.3 is 10.7 Å². The van der Waals surface area contributed by atoms with Crippen LogP contribution in [0.25, 0.3) is 11.0 Å². The molecule has 0 aliphatic rings. The second kappa shape index (κ2) is 5.65. The lowest BCUT2D eigenvalue weighted by molar-refractivity contribution is 0.626. The van der Waals surface area contributed by atoms with Crippen molar-refractivity contribution in [3.8, 4) is 0 Å². The van der Waals surface area contributed by atoms with Crippen LogP contribution in [-0.4, -0.2) is 19.9 Å². The Bertz CT molecular complexity index is 798. The molecule has 6 heteroatoms. The summed E-state index contributed by atoms with van der Waals surface area (Å²) in [6.07, 6.45) is 0.554. The standard InChI is InChI=1S/C15H14FN3OS/c16-10-1-4-12(5-2-10)21(20)8-7-15-18-13-6-3-11(17)9-14(13)19-15/h1-6,9H,7-8,17H2,(H,18,19). The van der Waals surface area contributed by atoms with Crippen LogP contribution in [0.1, 0.15) is 5.82 Å². The average Bonchev–Trinajstić information content (AvgIpc) is 2.87. The highest BCUT2D eigenvalue weighted by Gasteiger charge is 2.08. The molecule has 1 aromatic heterocycles. The Balaban J connectivity index is 1.71. The van der Waals surface area contributed by atoms with E-state index in [1.54, 1.807) is 18.2 Å². The smallest absolute Gasteiger partial charge is 0.123 e. The molecule has 0 aliphatic carbocycles. The lowest BCUT2D eigenvalue weighted by Gasteiger charge is -2.00. The molecule has 3 aromatic rings. The number of anilines is 1. The van der Waals surface area contributed by atoms with Gasteiger partial charge in [-0.05, 0) is 42.5 Å². The highest BCUT2D eigenvalue weighted by atomic mass is 32.2. The number of aryl methyl sites for hydroxylation is 1. The molecule has 3 rings (SSSR count). The van der Waals surface area contributed by atoms with E-state index in [0.29, 0.717) is 22.8 Å². The summed E-state index contributed by atoms with van der Waals surface area (Å²) in [4.78, 5) is 8.22. The summed E-state index contributed by atoms with van der Waals surface area (Å²) in [6.45, 7) is 0. The van der Waals surface area contributed by atoms with E-state index in [1.807, 2.05) is 12.1 Å². The van der Waals surface area contributed by atoms with Crippen molar-refractivity contribution in [2.24, 2.45) is 0 Å². The number of nitrogen functional groups attached to an aromatic ring is 1. The predicted octanol–water partition coefficient (Wildman–Crippen LogP) is 2.63. The van der Waals surface area contributed by atoms with Gasteiger partial charge in [0.25, 0.3) is 0 Å². The van der Waals surface area contributed by atoms with Gasteiger partial charge in [0.05, 0.1) is 21.8 Å². The average molecular weight is 303 g/mol. The molecule has 2 aromatic carbocycles. The zero-order chi connectivity index (χ0) is 14.8. The van der Waals surface area contributed by atoms with E-state index in [2.05, 4.69) is 9.97 Å². The van der Waals surface area contributed by atoms with Crippen molar-refractivity contribution in [2.45, 2.75) is 11.3 Å². The number of nitrogens with one attached hydrogen (secondary N) is 1. The second-order valence-electron chi connectivity index (χ2n) is 4.71. The maximum absolute atomic E-state index is 12.8. The van der Waals surface area contributed by atoms with Gasteiger partial charge in [-0.1, -0.05) is 0 Å². The van der Waals surface area contributed by atoms with Crippen LogP contribution in [-0.2, 0) is 17.2 Å². The largest absolute Gasteiger partial charge is 0.399 e. The first-order valence-electron chi connectivity index (χ1n) is 6.50. The van der Waals surface area contributed by atoms with Crippen molar-refractivity contribution in [3.63, 3.8) is 0 Å². The van der Waals surface area contributed by atoms with Crippen LogP contribution < -0.4 is 5.73 Å². The second-order valence-corrected chi connectivity index (χ2v) is 6.28. The van der Waals surface area contributed by atoms with E-state index >= 15 is 0 Å². The number of halogens is 1. The van der Waals surface area contributed by atoms with Gasteiger partial charge in [-0.15, -0.1) is 0 Å². The number of rotatable bonds is 4.